The molecule has 17 heavy (non-hydrogen) atoms. The fourth-order valence-electron chi connectivity index (χ4n) is 1.45. The highest BCUT2D eigenvalue weighted by atomic mass is 79.9. The molecule has 2 rings (SSSR count). The SMILES string of the molecule is OCCn1cc(Br)c(-c2ccc(F)c(Cl)c2)n1. The Balaban J connectivity index is 2.41. The first-order valence-corrected chi connectivity index (χ1v) is 6.08. The lowest BCUT2D eigenvalue weighted by molar-refractivity contribution is 0.269. The Kier molecular flexibility index (Phi) is 3.81. The number of rotatable bonds is 3. The van der Waals surface area contributed by atoms with Gasteiger partial charge in [-0.2, -0.15) is 5.10 Å². The van der Waals surface area contributed by atoms with Crippen LogP contribution >= 0.6 is 27.5 Å². The molecular formula is C11H9BrClFN2O. The zero-order chi connectivity index (χ0) is 12.4. The number of benzene rings is 1. The second kappa shape index (κ2) is 5.16. The van der Waals surface area contributed by atoms with Gasteiger partial charge < -0.3 is 5.11 Å². The van der Waals surface area contributed by atoms with Crippen LogP contribution in [0.15, 0.2) is 28.9 Å². The van der Waals surface area contributed by atoms with Crippen LogP contribution in [0.5, 0.6) is 0 Å². The van der Waals surface area contributed by atoms with Crippen LogP contribution in [0.2, 0.25) is 5.02 Å². The van der Waals surface area contributed by atoms with Gasteiger partial charge in [0, 0.05) is 11.8 Å². The predicted molar refractivity (Wildman–Crippen MR) is 67.4 cm³/mol. The third kappa shape index (κ3) is 2.68. The molecule has 90 valence electrons. The van der Waals surface area contributed by atoms with Crippen molar-refractivity contribution in [3.63, 3.8) is 0 Å². The topological polar surface area (TPSA) is 38.0 Å². The lowest BCUT2D eigenvalue weighted by atomic mass is 10.1. The van der Waals surface area contributed by atoms with E-state index in [9.17, 15) is 4.39 Å². The average Bonchev–Trinajstić information content (AvgIpc) is 2.64. The van der Waals surface area contributed by atoms with Gasteiger partial charge in [-0.3, -0.25) is 4.68 Å². The maximum atomic E-state index is 13.0. The van der Waals surface area contributed by atoms with Gasteiger partial charge in [0.25, 0.3) is 0 Å². The van der Waals surface area contributed by atoms with Crippen LogP contribution in [0.4, 0.5) is 4.39 Å². The first-order chi connectivity index (χ1) is 8.11. The molecule has 1 N–H and O–H groups in total. The van der Waals surface area contributed by atoms with Crippen molar-refractivity contribution in [1.82, 2.24) is 9.78 Å². The van der Waals surface area contributed by atoms with E-state index in [4.69, 9.17) is 16.7 Å². The molecule has 1 aromatic heterocycles. The van der Waals surface area contributed by atoms with Crippen LogP contribution in [-0.2, 0) is 6.54 Å². The Morgan fingerprint density at radius 2 is 2.24 bits per heavy atom. The summed E-state index contributed by atoms with van der Waals surface area (Å²) in [5.41, 5.74) is 1.39. The zero-order valence-corrected chi connectivity index (χ0v) is 11.0. The molecule has 3 nitrogen and oxygen atoms in total. The molecule has 0 bridgehead atoms. The second-order valence-corrected chi connectivity index (χ2v) is 4.70. The summed E-state index contributed by atoms with van der Waals surface area (Å²) in [5, 5.41) is 13.2. The fraction of sp³-hybridized carbons (Fsp3) is 0.182. The minimum absolute atomic E-state index is 0.0116. The summed E-state index contributed by atoms with van der Waals surface area (Å²) in [6.07, 6.45) is 1.75. The standard InChI is InChI=1S/C11H9BrClFN2O/c12-8-6-16(3-4-17)15-11(8)7-1-2-10(14)9(13)5-7/h1-2,5-6,17H,3-4H2. The number of hydrogen-bond acceptors (Lipinski definition) is 2. The van der Waals surface area contributed by atoms with Crippen LogP contribution < -0.4 is 0 Å². The fourth-order valence-corrected chi connectivity index (χ4v) is 2.18. The van der Waals surface area contributed by atoms with E-state index >= 15 is 0 Å². The summed E-state index contributed by atoms with van der Waals surface area (Å²) in [4.78, 5) is 0. The van der Waals surface area contributed by atoms with Crippen molar-refractivity contribution >= 4 is 27.5 Å². The van der Waals surface area contributed by atoms with E-state index in [0.29, 0.717) is 12.2 Å². The monoisotopic (exact) mass is 318 g/mol. The number of hydrogen-bond donors (Lipinski definition) is 1. The molecule has 0 aliphatic rings. The van der Waals surface area contributed by atoms with Gasteiger partial charge in [-0.25, -0.2) is 4.39 Å². The van der Waals surface area contributed by atoms with E-state index in [1.54, 1.807) is 16.9 Å². The first-order valence-electron chi connectivity index (χ1n) is 4.91. The molecule has 6 heteroatoms. The Morgan fingerprint density at radius 3 is 2.88 bits per heavy atom. The molecule has 0 radical (unpaired) electrons. The Hall–Kier alpha value is -0.910. The van der Waals surface area contributed by atoms with Crippen molar-refractivity contribution in [2.24, 2.45) is 0 Å². The first kappa shape index (κ1) is 12.5. The highest BCUT2D eigenvalue weighted by molar-refractivity contribution is 9.10. The van der Waals surface area contributed by atoms with Gasteiger partial charge in [0.1, 0.15) is 11.5 Å². The van der Waals surface area contributed by atoms with Crippen LogP contribution in [-0.4, -0.2) is 21.5 Å². The highest BCUT2D eigenvalue weighted by Gasteiger charge is 2.10. The summed E-state index contributed by atoms with van der Waals surface area (Å²) in [6.45, 7) is 0.422. The Labute approximate surface area is 111 Å². The molecule has 0 atom stereocenters. The summed E-state index contributed by atoms with van der Waals surface area (Å²) in [6, 6.07) is 4.43. The molecule has 0 fully saturated rings. The van der Waals surface area contributed by atoms with Crippen LogP contribution in [0.3, 0.4) is 0 Å². The van der Waals surface area contributed by atoms with Crippen molar-refractivity contribution in [3.8, 4) is 11.3 Å². The van der Waals surface area contributed by atoms with Gasteiger partial charge >= 0.3 is 0 Å². The van der Waals surface area contributed by atoms with E-state index < -0.39 is 5.82 Å². The number of aliphatic hydroxyl groups excluding tert-OH is 1. The summed E-state index contributed by atoms with van der Waals surface area (Å²) in [5.74, 6) is -0.457. The minimum atomic E-state index is -0.457. The normalized spacial score (nSPS) is 10.8. The number of nitrogens with zero attached hydrogens (tertiary/aromatic N) is 2. The average molecular weight is 320 g/mol. The summed E-state index contributed by atoms with van der Waals surface area (Å²) in [7, 11) is 0. The Bertz CT molecular complexity index is 544. The summed E-state index contributed by atoms with van der Waals surface area (Å²) < 4.78 is 15.4. The molecule has 0 unspecified atom stereocenters. The lowest BCUT2D eigenvalue weighted by Crippen LogP contribution is -2.02. The summed E-state index contributed by atoms with van der Waals surface area (Å²) >= 11 is 9.08. The van der Waals surface area contributed by atoms with Gasteiger partial charge in [0.2, 0.25) is 0 Å². The highest BCUT2D eigenvalue weighted by Crippen LogP contribution is 2.29. The van der Waals surface area contributed by atoms with Crippen LogP contribution in [0.1, 0.15) is 0 Å². The second-order valence-electron chi connectivity index (χ2n) is 3.44. The van der Waals surface area contributed by atoms with Gasteiger partial charge in [0.05, 0.1) is 22.6 Å². The van der Waals surface area contributed by atoms with E-state index in [1.807, 2.05) is 0 Å². The molecule has 1 heterocycles. The van der Waals surface area contributed by atoms with Gasteiger partial charge in [-0.15, -0.1) is 0 Å². The van der Waals surface area contributed by atoms with Crippen LogP contribution in [0, 0.1) is 5.82 Å². The molecular weight excluding hydrogens is 310 g/mol. The smallest absolute Gasteiger partial charge is 0.141 e. The molecule has 0 aliphatic heterocycles. The van der Waals surface area contributed by atoms with Gasteiger partial charge in [-0.1, -0.05) is 11.6 Å². The Morgan fingerprint density at radius 1 is 1.47 bits per heavy atom. The third-order valence-corrected chi connectivity index (χ3v) is 3.11. The maximum Gasteiger partial charge on any atom is 0.141 e. The number of aliphatic hydroxyl groups is 1. The van der Waals surface area contributed by atoms with Crippen molar-refractivity contribution in [3.05, 3.63) is 39.7 Å². The number of halogens is 3. The molecule has 0 spiro atoms. The van der Waals surface area contributed by atoms with Crippen molar-refractivity contribution in [1.29, 1.82) is 0 Å². The third-order valence-electron chi connectivity index (χ3n) is 2.24. The van der Waals surface area contributed by atoms with Crippen molar-refractivity contribution in [2.45, 2.75) is 6.54 Å². The van der Waals surface area contributed by atoms with Crippen LogP contribution in [0.25, 0.3) is 11.3 Å². The molecule has 0 saturated heterocycles. The molecule has 0 saturated carbocycles. The number of aromatic nitrogens is 2. The maximum absolute atomic E-state index is 13.0. The van der Waals surface area contributed by atoms with E-state index in [-0.39, 0.29) is 11.6 Å². The molecule has 0 aliphatic carbocycles. The minimum Gasteiger partial charge on any atom is -0.394 e. The predicted octanol–water partition coefficient (Wildman–Crippen LogP) is 3.10. The lowest BCUT2D eigenvalue weighted by Gasteiger charge is -2.00. The van der Waals surface area contributed by atoms with E-state index in [1.165, 1.54) is 12.1 Å². The molecule has 0 amide bonds. The quantitative estimate of drug-likeness (QED) is 0.944. The van der Waals surface area contributed by atoms with Gasteiger partial charge in [-0.05, 0) is 34.1 Å². The van der Waals surface area contributed by atoms with Gasteiger partial charge in [0.15, 0.2) is 0 Å². The largest absolute Gasteiger partial charge is 0.394 e. The van der Waals surface area contributed by atoms with Crippen molar-refractivity contribution in [2.75, 3.05) is 6.61 Å². The van der Waals surface area contributed by atoms with Crippen molar-refractivity contribution < 1.29 is 9.50 Å². The van der Waals surface area contributed by atoms with E-state index in [2.05, 4.69) is 21.0 Å². The zero-order valence-electron chi connectivity index (χ0n) is 8.70. The van der Waals surface area contributed by atoms with E-state index in [0.717, 1.165) is 10.0 Å². The molecule has 2 aromatic rings. The molecule has 1 aromatic carbocycles.